The van der Waals surface area contributed by atoms with Crippen LogP contribution < -0.4 is 0 Å². The molecule has 56 valence electrons. The van der Waals surface area contributed by atoms with Gasteiger partial charge in [0.1, 0.15) is 12.3 Å². The van der Waals surface area contributed by atoms with Crippen LogP contribution in [0, 0.1) is 11.8 Å². The first kappa shape index (κ1) is 7.74. The number of allylic oxidation sites excluding steroid dienone is 2. The highest BCUT2D eigenvalue weighted by Crippen LogP contribution is 1.95. The van der Waals surface area contributed by atoms with E-state index in [1.165, 1.54) is 0 Å². The van der Waals surface area contributed by atoms with E-state index in [-0.39, 0.29) is 6.04 Å². The summed E-state index contributed by atoms with van der Waals surface area (Å²) in [6.07, 6.45) is 7.49. The van der Waals surface area contributed by atoms with Crippen molar-refractivity contribution in [1.29, 1.82) is 0 Å². The Morgan fingerprint density at radius 3 is 3.45 bits per heavy atom. The zero-order valence-electron chi connectivity index (χ0n) is 6.16. The Kier molecular flexibility index (Phi) is 3.14. The summed E-state index contributed by atoms with van der Waals surface area (Å²) >= 11 is 0. The Bertz CT molecular complexity index is 242. The largest absolute Gasteiger partial charge is 0.303 e. The predicted octanol–water partition coefficient (Wildman–Crippen LogP) is 0.978. The van der Waals surface area contributed by atoms with E-state index >= 15 is 0 Å². The van der Waals surface area contributed by atoms with Crippen molar-refractivity contribution in [3.8, 4) is 11.8 Å². The van der Waals surface area contributed by atoms with Gasteiger partial charge in [0, 0.05) is 19.1 Å². The van der Waals surface area contributed by atoms with Crippen molar-refractivity contribution in [2.24, 2.45) is 4.99 Å². The Balaban J connectivity index is 2.61. The van der Waals surface area contributed by atoms with Gasteiger partial charge in [0.15, 0.2) is 0 Å². The maximum Gasteiger partial charge on any atom is 0.123 e. The van der Waals surface area contributed by atoms with Crippen LogP contribution in [-0.4, -0.2) is 18.5 Å². The molecule has 1 heterocycles. The van der Waals surface area contributed by atoms with Crippen LogP contribution in [0.1, 0.15) is 12.8 Å². The van der Waals surface area contributed by atoms with Gasteiger partial charge in [-0.2, -0.15) is 0 Å². The minimum absolute atomic E-state index is 0.127. The molecule has 0 radical (unpaired) electrons. The molecule has 0 aromatic rings. The van der Waals surface area contributed by atoms with Crippen molar-refractivity contribution >= 4 is 12.5 Å². The summed E-state index contributed by atoms with van der Waals surface area (Å²) in [5, 5.41) is 0. The van der Waals surface area contributed by atoms with Crippen molar-refractivity contribution in [2.45, 2.75) is 18.9 Å². The fraction of sp³-hybridized carbons (Fsp3) is 0.333. The van der Waals surface area contributed by atoms with Crippen molar-refractivity contribution in [3.63, 3.8) is 0 Å². The normalized spacial score (nSPS) is 24.2. The van der Waals surface area contributed by atoms with Crippen LogP contribution in [0.3, 0.4) is 0 Å². The maximum atomic E-state index is 10.1. The molecule has 11 heavy (non-hydrogen) atoms. The Hall–Kier alpha value is -1.36. The second kappa shape index (κ2) is 4.45. The maximum absolute atomic E-state index is 10.1. The lowest BCUT2D eigenvalue weighted by Crippen LogP contribution is -2.02. The molecule has 0 aliphatic carbocycles. The highest BCUT2D eigenvalue weighted by Gasteiger charge is 1.98. The zero-order valence-corrected chi connectivity index (χ0v) is 6.16. The minimum Gasteiger partial charge on any atom is -0.303 e. The molecule has 0 N–H and O–H groups in total. The topological polar surface area (TPSA) is 29.4 Å². The van der Waals surface area contributed by atoms with Crippen molar-refractivity contribution in [1.82, 2.24) is 0 Å². The van der Waals surface area contributed by atoms with Crippen LogP contribution >= 0.6 is 0 Å². The Morgan fingerprint density at radius 2 is 2.64 bits per heavy atom. The van der Waals surface area contributed by atoms with Crippen LogP contribution in [0.2, 0.25) is 0 Å². The number of carbonyl (C=O) groups excluding carboxylic acids is 1. The van der Waals surface area contributed by atoms with E-state index in [1.807, 2.05) is 12.2 Å². The Labute approximate surface area is 66.0 Å². The molecule has 0 fully saturated rings. The molecule has 1 aliphatic rings. The summed E-state index contributed by atoms with van der Waals surface area (Å²) in [5.74, 6) is 5.80. The lowest BCUT2D eigenvalue weighted by Gasteiger charge is -1.98. The molecule has 0 saturated heterocycles. The van der Waals surface area contributed by atoms with Gasteiger partial charge in [-0.3, -0.25) is 4.99 Å². The SMILES string of the molecule is O=CCC1C#CC/C=C\C=N1. The highest BCUT2D eigenvalue weighted by molar-refractivity contribution is 5.72. The third-order valence-electron chi connectivity index (χ3n) is 1.30. The molecule has 2 heteroatoms. The number of carbonyl (C=O) groups is 1. The van der Waals surface area contributed by atoms with Crippen LogP contribution in [0.15, 0.2) is 17.1 Å². The monoisotopic (exact) mass is 147 g/mol. The third-order valence-corrected chi connectivity index (χ3v) is 1.30. The smallest absolute Gasteiger partial charge is 0.123 e. The molecule has 0 spiro atoms. The van der Waals surface area contributed by atoms with Crippen LogP contribution in [0.25, 0.3) is 0 Å². The van der Waals surface area contributed by atoms with Crippen LogP contribution in [0.5, 0.6) is 0 Å². The molecule has 0 amide bonds. The van der Waals surface area contributed by atoms with Crippen molar-refractivity contribution in [2.75, 3.05) is 0 Å². The minimum atomic E-state index is -0.127. The van der Waals surface area contributed by atoms with E-state index in [2.05, 4.69) is 16.8 Å². The van der Waals surface area contributed by atoms with E-state index in [0.29, 0.717) is 6.42 Å². The van der Waals surface area contributed by atoms with Gasteiger partial charge in [-0.1, -0.05) is 17.9 Å². The molecule has 1 rings (SSSR count). The number of aldehydes is 1. The summed E-state index contributed by atoms with van der Waals surface area (Å²) in [6, 6.07) is -0.127. The van der Waals surface area contributed by atoms with Gasteiger partial charge in [0.25, 0.3) is 0 Å². The lowest BCUT2D eigenvalue weighted by molar-refractivity contribution is -0.107. The molecule has 0 saturated carbocycles. The van der Waals surface area contributed by atoms with Gasteiger partial charge >= 0.3 is 0 Å². The summed E-state index contributed by atoms with van der Waals surface area (Å²) in [6.45, 7) is 0. The van der Waals surface area contributed by atoms with Gasteiger partial charge in [0.2, 0.25) is 0 Å². The van der Waals surface area contributed by atoms with E-state index in [1.54, 1.807) is 6.21 Å². The number of nitrogens with zero attached hydrogens (tertiary/aromatic N) is 1. The average Bonchev–Trinajstić information content (AvgIpc) is 1.94. The van der Waals surface area contributed by atoms with Crippen molar-refractivity contribution in [3.05, 3.63) is 12.2 Å². The van der Waals surface area contributed by atoms with E-state index in [0.717, 1.165) is 12.7 Å². The number of hydrogen-bond acceptors (Lipinski definition) is 2. The predicted molar refractivity (Wildman–Crippen MR) is 44.5 cm³/mol. The van der Waals surface area contributed by atoms with Gasteiger partial charge in [0.05, 0.1) is 0 Å². The van der Waals surface area contributed by atoms with E-state index in [4.69, 9.17) is 0 Å². The van der Waals surface area contributed by atoms with Gasteiger partial charge in [-0.05, 0) is 6.08 Å². The molecular formula is C9H9NO. The summed E-state index contributed by atoms with van der Waals surface area (Å²) in [4.78, 5) is 14.2. The molecule has 0 aromatic carbocycles. The summed E-state index contributed by atoms with van der Waals surface area (Å²) < 4.78 is 0. The first-order valence-electron chi connectivity index (χ1n) is 3.54. The first-order chi connectivity index (χ1) is 5.43. The quantitative estimate of drug-likeness (QED) is 0.423. The zero-order chi connectivity index (χ0) is 7.94. The van der Waals surface area contributed by atoms with Crippen molar-refractivity contribution < 1.29 is 4.79 Å². The van der Waals surface area contributed by atoms with Gasteiger partial charge in [-0.15, -0.1) is 0 Å². The summed E-state index contributed by atoms with van der Waals surface area (Å²) in [5.41, 5.74) is 0. The Morgan fingerprint density at radius 1 is 1.73 bits per heavy atom. The highest BCUT2D eigenvalue weighted by atomic mass is 16.1. The van der Waals surface area contributed by atoms with Gasteiger partial charge in [-0.25, -0.2) is 0 Å². The third kappa shape index (κ3) is 2.81. The number of rotatable bonds is 2. The molecule has 2 nitrogen and oxygen atoms in total. The standard InChI is InChI=1S/C9H9NO/c11-8-6-9-5-3-1-2-4-7-10-9/h2,4,7-9H,1,6H2/b4-2-,10-7?. The van der Waals surface area contributed by atoms with Crippen LogP contribution in [0.4, 0.5) is 0 Å². The molecule has 1 aliphatic heterocycles. The fourth-order valence-corrected chi connectivity index (χ4v) is 0.766. The lowest BCUT2D eigenvalue weighted by atomic mass is 10.2. The second-order valence-electron chi connectivity index (χ2n) is 2.17. The average molecular weight is 147 g/mol. The fourth-order valence-electron chi connectivity index (χ4n) is 0.766. The van der Waals surface area contributed by atoms with Gasteiger partial charge < -0.3 is 4.79 Å². The molecule has 0 bridgehead atoms. The first-order valence-corrected chi connectivity index (χ1v) is 3.54. The van der Waals surface area contributed by atoms with E-state index in [9.17, 15) is 4.79 Å². The second-order valence-corrected chi connectivity index (χ2v) is 2.17. The molecule has 1 unspecified atom stereocenters. The molecule has 0 aromatic heterocycles. The van der Waals surface area contributed by atoms with Crippen LogP contribution in [-0.2, 0) is 4.79 Å². The number of hydrogen-bond donors (Lipinski definition) is 0. The van der Waals surface area contributed by atoms with E-state index < -0.39 is 0 Å². The number of aliphatic imine (C=N–C) groups is 1. The molecule has 1 atom stereocenters. The summed E-state index contributed by atoms with van der Waals surface area (Å²) in [7, 11) is 0. The molecular weight excluding hydrogens is 138 g/mol.